The van der Waals surface area contributed by atoms with Gasteiger partial charge in [0.25, 0.3) is 6.43 Å². The SMILES string of the molecule is Nc1ccncc1CC(O)c1cccc(C(F)F)c1. The van der Waals surface area contributed by atoms with E-state index in [-0.39, 0.29) is 12.0 Å². The Morgan fingerprint density at radius 1 is 1.21 bits per heavy atom. The number of anilines is 1. The van der Waals surface area contributed by atoms with Crippen molar-refractivity contribution in [2.45, 2.75) is 19.0 Å². The average molecular weight is 264 g/mol. The summed E-state index contributed by atoms with van der Waals surface area (Å²) in [5.41, 5.74) is 7.32. The number of aliphatic hydroxyl groups excluding tert-OH is 1. The number of hydrogen-bond acceptors (Lipinski definition) is 3. The molecular weight excluding hydrogens is 250 g/mol. The first-order chi connectivity index (χ1) is 9.08. The van der Waals surface area contributed by atoms with Crippen LogP contribution < -0.4 is 5.73 Å². The van der Waals surface area contributed by atoms with E-state index in [4.69, 9.17) is 5.73 Å². The summed E-state index contributed by atoms with van der Waals surface area (Å²) in [6.07, 6.45) is -0.0642. The third kappa shape index (κ3) is 3.26. The highest BCUT2D eigenvalue weighted by molar-refractivity contribution is 5.45. The van der Waals surface area contributed by atoms with E-state index in [1.54, 1.807) is 24.5 Å². The predicted molar refractivity (Wildman–Crippen MR) is 68.7 cm³/mol. The van der Waals surface area contributed by atoms with E-state index in [1.807, 2.05) is 0 Å². The molecule has 5 heteroatoms. The van der Waals surface area contributed by atoms with Crippen molar-refractivity contribution in [3.63, 3.8) is 0 Å². The largest absolute Gasteiger partial charge is 0.398 e. The second kappa shape index (κ2) is 5.75. The maximum absolute atomic E-state index is 12.6. The molecule has 19 heavy (non-hydrogen) atoms. The van der Waals surface area contributed by atoms with Gasteiger partial charge >= 0.3 is 0 Å². The van der Waals surface area contributed by atoms with Crippen LogP contribution in [0.5, 0.6) is 0 Å². The number of hydrogen-bond donors (Lipinski definition) is 2. The molecule has 1 aromatic carbocycles. The van der Waals surface area contributed by atoms with Gasteiger partial charge in [0.15, 0.2) is 0 Å². The number of aromatic nitrogens is 1. The highest BCUT2D eigenvalue weighted by Gasteiger charge is 2.13. The fourth-order valence-electron chi connectivity index (χ4n) is 1.84. The summed E-state index contributed by atoms with van der Waals surface area (Å²) in [4.78, 5) is 3.93. The van der Waals surface area contributed by atoms with Crippen LogP contribution >= 0.6 is 0 Å². The lowest BCUT2D eigenvalue weighted by atomic mass is 10.00. The van der Waals surface area contributed by atoms with Crippen molar-refractivity contribution in [3.05, 3.63) is 59.4 Å². The lowest BCUT2D eigenvalue weighted by molar-refractivity contribution is 0.149. The number of aliphatic hydroxyl groups is 1. The maximum atomic E-state index is 12.6. The van der Waals surface area contributed by atoms with E-state index in [1.165, 1.54) is 18.2 Å². The van der Waals surface area contributed by atoms with Crippen molar-refractivity contribution >= 4 is 5.69 Å². The predicted octanol–water partition coefficient (Wildman–Crippen LogP) is 2.88. The third-order valence-corrected chi connectivity index (χ3v) is 2.90. The monoisotopic (exact) mass is 264 g/mol. The third-order valence-electron chi connectivity index (χ3n) is 2.90. The lowest BCUT2D eigenvalue weighted by Gasteiger charge is -2.13. The molecule has 0 aliphatic heterocycles. The summed E-state index contributed by atoms with van der Waals surface area (Å²) in [5.74, 6) is 0. The number of halogens is 2. The van der Waals surface area contributed by atoms with Crippen molar-refractivity contribution < 1.29 is 13.9 Å². The Morgan fingerprint density at radius 2 is 1.95 bits per heavy atom. The average Bonchev–Trinajstić information content (AvgIpc) is 2.41. The molecule has 0 saturated heterocycles. The lowest BCUT2D eigenvalue weighted by Crippen LogP contribution is -2.05. The van der Waals surface area contributed by atoms with Crippen LogP contribution in [0.4, 0.5) is 14.5 Å². The minimum Gasteiger partial charge on any atom is -0.398 e. The van der Waals surface area contributed by atoms with Crippen LogP contribution in [-0.2, 0) is 6.42 Å². The molecule has 0 aliphatic rings. The van der Waals surface area contributed by atoms with E-state index < -0.39 is 12.5 Å². The number of nitrogens with two attached hydrogens (primary N) is 1. The summed E-state index contributed by atoms with van der Waals surface area (Å²) >= 11 is 0. The topological polar surface area (TPSA) is 59.1 Å². The number of rotatable bonds is 4. The van der Waals surface area contributed by atoms with Crippen LogP contribution in [0.1, 0.15) is 29.2 Å². The molecule has 1 aromatic heterocycles. The van der Waals surface area contributed by atoms with E-state index in [0.717, 1.165) is 0 Å². The Morgan fingerprint density at radius 3 is 2.63 bits per heavy atom. The number of nitrogens with zero attached hydrogens (tertiary/aromatic N) is 1. The van der Waals surface area contributed by atoms with Gasteiger partial charge in [-0.2, -0.15) is 0 Å². The molecule has 0 saturated carbocycles. The Bertz CT molecular complexity index is 561. The van der Waals surface area contributed by atoms with Gasteiger partial charge in [0.1, 0.15) is 0 Å². The summed E-state index contributed by atoms with van der Waals surface area (Å²) in [6.45, 7) is 0. The molecule has 1 heterocycles. The van der Waals surface area contributed by atoms with Crippen LogP contribution in [0.25, 0.3) is 0 Å². The second-order valence-electron chi connectivity index (χ2n) is 4.27. The van der Waals surface area contributed by atoms with E-state index in [0.29, 0.717) is 16.8 Å². The van der Waals surface area contributed by atoms with Crippen molar-refractivity contribution in [2.24, 2.45) is 0 Å². The van der Waals surface area contributed by atoms with Crippen LogP contribution in [0, 0.1) is 0 Å². The molecule has 0 spiro atoms. The molecule has 0 fully saturated rings. The van der Waals surface area contributed by atoms with Crippen molar-refractivity contribution in [3.8, 4) is 0 Å². The zero-order valence-electron chi connectivity index (χ0n) is 10.1. The van der Waals surface area contributed by atoms with Crippen LogP contribution in [0.15, 0.2) is 42.7 Å². The smallest absolute Gasteiger partial charge is 0.263 e. The van der Waals surface area contributed by atoms with Gasteiger partial charge in [0.05, 0.1) is 6.10 Å². The van der Waals surface area contributed by atoms with Crippen molar-refractivity contribution in [1.82, 2.24) is 4.98 Å². The van der Waals surface area contributed by atoms with Gasteiger partial charge in [-0.05, 0) is 23.3 Å². The molecule has 0 radical (unpaired) electrons. The fourth-order valence-corrected chi connectivity index (χ4v) is 1.84. The first-order valence-corrected chi connectivity index (χ1v) is 5.82. The summed E-state index contributed by atoms with van der Waals surface area (Å²) < 4.78 is 25.2. The normalized spacial score (nSPS) is 12.6. The first-order valence-electron chi connectivity index (χ1n) is 5.82. The molecule has 1 atom stereocenters. The minimum atomic E-state index is -2.55. The standard InChI is InChI=1S/C14H14F2N2O/c15-14(16)10-3-1-2-9(6-10)13(19)7-11-8-18-5-4-12(11)17/h1-6,8,13-14,19H,7H2,(H2,17,18). The molecule has 0 aliphatic carbocycles. The Balaban J connectivity index is 2.18. The zero-order valence-corrected chi connectivity index (χ0v) is 10.1. The summed E-state index contributed by atoms with van der Waals surface area (Å²) in [7, 11) is 0. The van der Waals surface area contributed by atoms with Gasteiger partial charge in [0, 0.05) is 30.1 Å². The molecule has 0 bridgehead atoms. The molecule has 1 unspecified atom stereocenters. The van der Waals surface area contributed by atoms with Crippen LogP contribution in [0.3, 0.4) is 0 Å². The van der Waals surface area contributed by atoms with Crippen molar-refractivity contribution in [2.75, 3.05) is 5.73 Å². The Kier molecular flexibility index (Phi) is 4.06. The fraction of sp³-hybridized carbons (Fsp3) is 0.214. The van der Waals surface area contributed by atoms with Gasteiger partial charge in [0.2, 0.25) is 0 Å². The zero-order chi connectivity index (χ0) is 13.8. The molecule has 3 N–H and O–H groups in total. The number of pyridine rings is 1. The van der Waals surface area contributed by atoms with Gasteiger partial charge in [-0.1, -0.05) is 18.2 Å². The van der Waals surface area contributed by atoms with Gasteiger partial charge < -0.3 is 10.8 Å². The van der Waals surface area contributed by atoms with Crippen LogP contribution in [-0.4, -0.2) is 10.1 Å². The minimum absolute atomic E-state index is 0.101. The maximum Gasteiger partial charge on any atom is 0.263 e. The highest BCUT2D eigenvalue weighted by atomic mass is 19.3. The Labute approximate surface area is 109 Å². The molecular formula is C14H14F2N2O. The number of nitrogen functional groups attached to an aromatic ring is 1. The molecule has 2 rings (SSSR count). The molecule has 3 nitrogen and oxygen atoms in total. The summed E-state index contributed by atoms with van der Waals surface area (Å²) in [5, 5.41) is 10.1. The quantitative estimate of drug-likeness (QED) is 0.892. The van der Waals surface area contributed by atoms with Crippen LogP contribution in [0.2, 0.25) is 0 Å². The molecule has 2 aromatic rings. The van der Waals surface area contributed by atoms with E-state index >= 15 is 0 Å². The molecule has 0 amide bonds. The Hall–Kier alpha value is -2.01. The van der Waals surface area contributed by atoms with E-state index in [9.17, 15) is 13.9 Å². The first kappa shape index (κ1) is 13.4. The second-order valence-corrected chi connectivity index (χ2v) is 4.27. The number of alkyl halides is 2. The van der Waals surface area contributed by atoms with Gasteiger partial charge in [-0.25, -0.2) is 8.78 Å². The highest BCUT2D eigenvalue weighted by Crippen LogP contribution is 2.25. The van der Waals surface area contributed by atoms with Gasteiger partial charge in [-0.3, -0.25) is 4.98 Å². The number of benzene rings is 1. The van der Waals surface area contributed by atoms with Gasteiger partial charge in [-0.15, -0.1) is 0 Å². The van der Waals surface area contributed by atoms with E-state index in [2.05, 4.69) is 4.98 Å². The summed E-state index contributed by atoms with van der Waals surface area (Å²) in [6, 6.07) is 7.40. The molecule has 100 valence electrons. The van der Waals surface area contributed by atoms with Crippen molar-refractivity contribution in [1.29, 1.82) is 0 Å².